The van der Waals surface area contributed by atoms with E-state index >= 15 is 0 Å². The Hall–Kier alpha value is -0.820. The van der Waals surface area contributed by atoms with E-state index in [1.807, 2.05) is 0 Å². The van der Waals surface area contributed by atoms with Crippen LogP contribution < -0.4 is 5.32 Å². The van der Waals surface area contributed by atoms with Crippen LogP contribution in [0.5, 0.6) is 0 Å². The number of benzene rings is 1. The lowest BCUT2D eigenvalue weighted by atomic mass is 9.88. The number of hydrogen-bond donors (Lipinski definition) is 1. The summed E-state index contributed by atoms with van der Waals surface area (Å²) in [6, 6.07) is 11.4. The molecule has 96 valence electrons. The molecule has 17 heavy (non-hydrogen) atoms. The van der Waals surface area contributed by atoms with Crippen molar-refractivity contribution in [3.63, 3.8) is 0 Å². The SMILES string of the molecule is CC(C)C(C)NCC(c1ccccc1)C(C)C. The van der Waals surface area contributed by atoms with E-state index in [-0.39, 0.29) is 0 Å². The van der Waals surface area contributed by atoms with Crippen LogP contribution in [0.15, 0.2) is 30.3 Å². The normalized spacial score (nSPS) is 15.2. The van der Waals surface area contributed by atoms with Crippen LogP contribution >= 0.6 is 0 Å². The molecular formula is C16H27N. The zero-order chi connectivity index (χ0) is 12.8. The first-order valence-corrected chi connectivity index (χ1v) is 6.80. The van der Waals surface area contributed by atoms with Crippen molar-refractivity contribution in [1.29, 1.82) is 0 Å². The molecule has 0 aromatic heterocycles. The van der Waals surface area contributed by atoms with Crippen LogP contribution in [0.2, 0.25) is 0 Å². The molecule has 0 spiro atoms. The molecule has 0 aliphatic carbocycles. The second-order valence-electron chi connectivity index (χ2n) is 5.70. The molecule has 1 aromatic rings. The molecule has 0 saturated heterocycles. The van der Waals surface area contributed by atoms with E-state index in [9.17, 15) is 0 Å². The highest BCUT2D eigenvalue weighted by molar-refractivity contribution is 5.20. The molecule has 1 nitrogen and oxygen atoms in total. The summed E-state index contributed by atoms with van der Waals surface area (Å²) in [6.45, 7) is 12.5. The van der Waals surface area contributed by atoms with Gasteiger partial charge in [0.15, 0.2) is 0 Å². The van der Waals surface area contributed by atoms with E-state index in [4.69, 9.17) is 0 Å². The average molecular weight is 233 g/mol. The summed E-state index contributed by atoms with van der Waals surface area (Å²) >= 11 is 0. The van der Waals surface area contributed by atoms with Gasteiger partial charge in [-0.1, -0.05) is 58.0 Å². The minimum absolute atomic E-state index is 0.583. The minimum Gasteiger partial charge on any atom is -0.313 e. The van der Waals surface area contributed by atoms with E-state index in [1.54, 1.807) is 0 Å². The molecular weight excluding hydrogens is 206 g/mol. The summed E-state index contributed by atoms with van der Waals surface area (Å²) in [5.74, 6) is 1.97. The van der Waals surface area contributed by atoms with Crippen LogP contribution in [-0.2, 0) is 0 Å². The molecule has 0 aliphatic heterocycles. The van der Waals surface area contributed by atoms with Crippen LogP contribution in [0, 0.1) is 11.8 Å². The van der Waals surface area contributed by atoms with Gasteiger partial charge in [-0.15, -0.1) is 0 Å². The summed E-state index contributed by atoms with van der Waals surface area (Å²) in [5, 5.41) is 3.66. The summed E-state index contributed by atoms with van der Waals surface area (Å²) in [7, 11) is 0. The van der Waals surface area contributed by atoms with Gasteiger partial charge in [-0.2, -0.15) is 0 Å². The number of hydrogen-bond acceptors (Lipinski definition) is 1. The van der Waals surface area contributed by atoms with Crippen molar-refractivity contribution in [2.45, 2.75) is 46.6 Å². The van der Waals surface area contributed by atoms with Gasteiger partial charge in [-0.05, 0) is 30.2 Å². The lowest BCUT2D eigenvalue weighted by molar-refractivity contribution is 0.381. The van der Waals surface area contributed by atoms with Crippen LogP contribution in [-0.4, -0.2) is 12.6 Å². The van der Waals surface area contributed by atoms with E-state index < -0.39 is 0 Å². The van der Waals surface area contributed by atoms with Crippen LogP contribution in [0.1, 0.15) is 46.1 Å². The minimum atomic E-state index is 0.583. The van der Waals surface area contributed by atoms with Crippen molar-refractivity contribution in [2.75, 3.05) is 6.54 Å². The fraction of sp³-hybridized carbons (Fsp3) is 0.625. The van der Waals surface area contributed by atoms with Gasteiger partial charge in [0.1, 0.15) is 0 Å². The number of rotatable bonds is 6. The third-order valence-corrected chi connectivity index (χ3v) is 3.69. The quantitative estimate of drug-likeness (QED) is 0.781. The third kappa shape index (κ3) is 4.51. The van der Waals surface area contributed by atoms with Crippen molar-refractivity contribution in [1.82, 2.24) is 5.32 Å². The molecule has 1 heteroatoms. The lowest BCUT2D eigenvalue weighted by Crippen LogP contribution is -2.35. The molecule has 1 aromatic carbocycles. The van der Waals surface area contributed by atoms with Crippen LogP contribution in [0.3, 0.4) is 0 Å². The first-order chi connectivity index (χ1) is 8.02. The largest absolute Gasteiger partial charge is 0.313 e. The zero-order valence-corrected chi connectivity index (χ0v) is 11.9. The summed E-state index contributed by atoms with van der Waals surface area (Å²) in [4.78, 5) is 0. The van der Waals surface area contributed by atoms with Gasteiger partial charge >= 0.3 is 0 Å². The molecule has 0 fully saturated rings. The molecule has 1 N–H and O–H groups in total. The molecule has 0 heterocycles. The van der Waals surface area contributed by atoms with Gasteiger partial charge in [0.2, 0.25) is 0 Å². The fourth-order valence-corrected chi connectivity index (χ4v) is 1.99. The second-order valence-corrected chi connectivity index (χ2v) is 5.70. The third-order valence-electron chi connectivity index (χ3n) is 3.69. The maximum absolute atomic E-state index is 3.66. The Labute approximate surface area is 107 Å². The summed E-state index contributed by atoms with van der Waals surface area (Å²) < 4.78 is 0. The van der Waals surface area contributed by atoms with E-state index in [2.05, 4.69) is 70.3 Å². The van der Waals surface area contributed by atoms with Gasteiger partial charge in [0.25, 0.3) is 0 Å². The Kier molecular flexibility index (Phi) is 5.70. The average Bonchev–Trinajstić information content (AvgIpc) is 2.29. The lowest BCUT2D eigenvalue weighted by Gasteiger charge is -2.25. The van der Waals surface area contributed by atoms with Crippen molar-refractivity contribution >= 4 is 0 Å². The predicted octanol–water partition coefficient (Wildman–Crippen LogP) is 4.06. The Bertz CT molecular complexity index is 303. The Morgan fingerprint density at radius 3 is 1.94 bits per heavy atom. The molecule has 1 rings (SSSR count). The Morgan fingerprint density at radius 2 is 1.47 bits per heavy atom. The van der Waals surface area contributed by atoms with Gasteiger partial charge < -0.3 is 5.32 Å². The van der Waals surface area contributed by atoms with Crippen LogP contribution in [0.4, 0.5) is 0 Å². The monoisotopic (exact) mass is 233 g/mol. The first kappa shape index (κ1) is 14.2. The molecule has 2 unspecified atom stereocenters. The molecule has 0 amide bonds. The molecule has 0 radical (unpaired) electrons. The standard InChI is InChI=1S/C16H27N/c1-12(2)14(5)17-11-16(13(3)4)15-9-7-6-8-10-15/h6-10,12-14,16-17H,11H2,1-5H3. The van der Waals surface area contributed by atoms with Gasteiger partial charge in [0, 0.05) is 12.6 Å². The van der Waals surface area contributed by atoms with Gasteiger partial charge in [-0.25, -0.2) is 0 Å². The molecule has 0 aliphatic rings. The van der Waals surface area contributed by atoms with Crippen molar-refractivity contribution in [3.05, 3.63) is 35.9 Å². The van der Waals surface area contributed by atoms with Gasteiger partial charge in [0.05, 0.1) is 0 Å². The second kappa shape index (κ2) is 6.80. The molecule has 0 saturated carbocycles. The smallest absolute Gasteiger partial charge is 0.00619 e. The maximum Gasteiger partial charge on any atom is 0.00619 e. The summed E-state index contributed by atoms with van der Waals surface area (Å²) in [6.07, 6.45) is 0. The number of nitrogens with one attached hydrogen (secondary N) is 1. The van der Waals surface area contributed by atoms with Crippen molar-refractivity contribution < 1.29 is 0 Å². The summed E-state index contributed by atoms with van der Waals surface area (Å²) in [5.41, 5.74) is 1.45. The molecule has 2 atom stereocenters. The highest BCUT2D eigenvalue weighted by Gasteiger charge is 2.17. The zero-order valence-electron chi connectivity index (χ0n) is 11.9. The predicted molar refractivity (Wildman–Crippen MR) is 76.3 cm³/mol. The highest BCUT2D eigenvalue weighted by Crippen LogP contribution is 2.23. The van der Waals surface area contributed by atoms with E-state index in [0.717, 1.165) is 6.54 Å². The highest BCUT2D eigenvalue weighted by atomic mass is 14.9. The van der Waals surface area contributed by atoms with E-state index in [1.165, 1.54) is 5.56 Å². The van der Waals surface area contributed by atoms with Crippen molar-refractivity contribution in [3.8, 4) is 0 Å². The Balaban J connectivity index is 2.62. The Morgan fingerprint density at radius 1 is 0.882 bits per heavy atom. The fourth-order valence-electron chi connectivity index (χ4n) is 1.99. The van der Waals surface area contributed by atoms with Crippen molar-refractivity contribution in [2.24, 2.45) is 11.8 Å². The topological polar surface area (TPSA) is 12.0 Å². The first-order valence-electron chi connectivity index (χ1n) is 6.80. The molecule has 0 bridgehead atoms. The maximum atomic E-state index is 3.66. The van der Waals surface area contributed by atoms with E-state index in [0.29, 0.717) is 23.8 Å². The van der Waals surface area contributed by atoms with Crippen LogP contribution in [0.25, 0.3) is 0 Å². The van der Waals surface area contributed by atoms with Gasteiger partial charge in [-0.3, -0.25) is 0 Å².